The first kappa shape index (κ1) is 25.2. The fourth-order valence-electron chi connectivity index (χ4n) is 4.05. The predicted octanol–water partition coefficient (Wildman–Crippen LogP) is 4.07. The molecular weight excluding hydrogens is 386 g/mol. The molecule has 0 saturated heterocycles. The van der Waals surface area contributed by atoms with Crippen LogP contribution in [0.4, 0.5) is 0 Å². The van der Waals surface area contributed by atoms with E-state index in [0.29, 0.717) is 0 Å². The van der Waals surface area contributed by atoms with Crippen LogP contribution >= 0.6 is 0 Å². The number of likely N-dealkylation sites (N-methyl/N-ethyl adjacent to an activating group) is 1. The third-order valence-electron chi connectivity index (χ3n) is 6.08. The third kappa shape index (κ3) is 7.23. The maximum absolute atomic E-state index is 5.48. The van der Waals surface area contributed by atoms with Crippen LogP contribution in [0.25, 0.3) is 0 Å². The van der Waals surface area contributed by atoms with E-state index >= 15 is 0 Å². The molecule has 0 amide bonds. The van der Waals surface area contributed by atoms with Gasteiger partial charge in [0.2, 0.25) is 0 Å². The highest BCUT2D eigenvalue weighted by Gasteiger charge is 2.31. The maximum atomic E-state index is 5.48. The van der Waals surface area contributed by atoms with E-state index in [1.165, 1.54) is 11.1 Å². The van der Waals surface area contributed by atoms with Crippen LogP contribution in [0.5, 0.6) is 11.5 Å². The second-order valence-corrected chi connectivity index (χ2v) is 7.87. The molecule has 2 aromatic rings. The Morgan fingerprint density at radius 1 is 0.903 bits per heavy atom. The van der Waals surface area contributed by atoms with Crippen molar-refractivity contribution in [3.63, 3.8) is 0 Å². The van der Waals surface area contributed by atoms with Crippen LogP contribution in [0.15, 0.2) is 48.5 Å². The van der Waals surface area contributed by atoms with Crippen molar-refractivity contribution in [3.8, 4) is 11.5 Å². The Bertz CT molecular complexity index is 750. The van der Waals surface area contributed by atoms with Crippen LogP contribution in [-0.2, 0) is 12.0 Å². The number of methoxy groups -OCH3 is 2. The minimum absolute atomic E-state index is 0.115. The molecule has 0 radical (unpaired) electrons. The summed E-state index contributed by atoms with van der Waals surface area (Å²) in [5.41, 5.74) is 2.46. The summed E-state index contributed by atoms with van der Waals surface area (Å²) < 4.78 is 10.8. The molecule has 0 saturated carbocycles. The van der Waals surface area contributed by atoms with Crippen LogP contribution < -0.4 is 20.1 Å². The van der Waals surface area contributed by atoms with Crippen molar-refractivity contribution >= 4 is 0 Å². The molecule has 172 valence electrons. The van der Waals surface area contributed by atoms with E-state index in [9.17, 15) is 0 Å². The highest BCUT2D eigenvalue weighted by atomic mass is 16.5. The topological polar surface area (TPSA) is 45.8 Å². The van der Waals surface area contributed by atoms with E-state index in [-0.39, 0.29) is 5.54 Å². The van der Waals surface area contributed by atoms with Crippen LogP contribution in [-0.4, -0.2) is 58.4 Å². The number of hydrogen-bond acceptors (Lipinski definition) is 5. The summed E-state index contributed by atoms with van der Waals surface area (Å²) in [6.07, 6.45) is 1.98. The van der Waals surface area contributed by atoms with Crippen LogP contribution in [0.2, 0.25) is 0 Å². The van der Waals surface area contributed by atoms with Crippen molar-refractivity contribution in [1.82, 2.24) is 15.5 Å². The summed E-state index contributed by atoms with van der Waals surface area (Å²) in [5.74, 6) is 1.55. The van der Waals surface area contributed by atoms with Crippen molar-refractivity contribution in [1.29, 1.82) is 0 Å². The minimum atomic E-state index is -0.115. The van der Waals surface area contributed by atoms with E-state index in [1.807, 2.05) is 6.07 Å². The van der Waals surface area contributed by atoms with Gasteiger partial charge in [0.15, 0.2) is 11.5 Å². The molecule has 2 N–H and O–H groups in total. The summed E-state index contributed by atoms with van der Waals surface area (Å²) >= 11 is 0. The Kier molecular flexibility index (Phi) is 10.9. The minimum Gasteiger partial charge on any atom is -0.493 e. The first-order valence-electron chi connectivity index (χ1n) is 11.6. The second kappa shape index (κ2) is 13.4. The van der Waals surface area contributed by atoms with Crippen LogP contribution in [0, 0.1) is 0 Å². The molecule has 5 nitrogen and oxygen atoms in total. The van der Waals surface area contributed by atoms with E-state index in [2.05, 4.69) is 78.8 Å². The molecule has 0 aliphatic carbocycles. The van der Waals surface area contributed by atoms with Gasteiger partial charge in [-0.05, 0) is 55.7 Å². The zero-order valence-corrected chi connectivity index (χ0v) is 20.0. The number of hydrogen-bond donors (Lipinski definition) is 2. The van der Waals surface area contributed by atoms with E-state index < -0.39 is 0 Å². The molecule has 2 aromatic carbocycles. The third-order valence-corrected chi connectivity index (χ3v) is 6.08. The van der Waals surface area contributed by atoms with Gasteiger partial charge in [-0.25, -0.2) is 0 Å². The van der Waals surface area contributed by atoms with Gasteiger partial charge in [-0.15, -0.1) is 0 Å². The summed E-state index contributed by atoms with van der Waals surface area (Å²) in [7, 11) is 3.36. The molecule has 0 aliphatic heterocycles. The van der Waals surface area contributed by atoms with Gasteiger partial charge in [-0.1, -0.05) is 57.2 Å². The van der Waals surface area contributed by atoms with Crippen LogP contribution in [0.3, 0.4) is 0 Å². The van der Waals surface area contributed by atoms with E-state index in [4.69, 9.17) is 9.47 Å². The summed E-state index contributed by atoms with van der Waals surface area (Å²) in [6.45, 7) is 12.6. The lowest BCUT2D eigenvalue weighted by atomic mass is 9.85. The highest BCUT2D eigenvalue weighted by molar-refractivity contribution is 5.43. The summed E-state index contributed by atoms with van der Waals surface area (Å²) in [5, 5.41) is 7.55. The zero-order chi connectivity index (χ0) is 22.5. The largest absolute Gasteiger partial charge is 0.493 e. The molecule has 2 rings (SSSR count). The molecule has 0 fully saturated rings. The Morgan fingerprint density at radius 2 is 1.61 bits per heavy atom. The lowest BCUT2D eigenvalue weighted by Crippen LogP contribution is -2.52. The Balaban J connectivity index is 2.20. The maximum Gasteiger partial charge on any atom is 0.160 e. The highest BCUT2D eigenvalue weighted by Crippen LogP contribution is 2.28. The number of ether oxygens (including phenoxy) is 2. The average Bonchev–Trinajstić information content (AvgIpc) is 2.83. The lowest BCUT2D eigenvalue weighted by Gasteiger charge is -2.38. The fraction of sp³-hybridized carbons (Fsp3) is 0.538. The molecule has 1 atom stereocenters. The molecule has 31 heavy (non-hydrogen) atoms. The Morgan fingerprint density at radius 3 is 2.23 bits per heavy atom. The normalized spacial score (nSPS) is 13.2. The number of benzene rings is 2. The second-order valence-electron chi connectivity index (χ2n) is 7.87. The van der Waals surface area contributed by atoms with Gasteiger partial charge in [0.1, 0.15) is 0 Å². The monoisotopic (exact) mass is 427 g/mol. The van der Waals surface area contributed by atoms with Crippen molar-refractivity contribution in [2.75, 3.05) is 53.5 Å². The average molecular weight is 428 g/mol. The van der Waals surface area contributed by atoms with Gasteiger partial charge >= 0.3 is 0 Å². The smallest absolute Gasteiger partial charge is 0.160 e. The Hall–Kier alpha value is -2.08. The van der Waals surface area contributed by atoms with Gasteiger partial charge in [-0.3, -0.25) is 0 Å². The first-order valence-corrected chi connectivity index (χ1v) is 11.6. The van der Waals surface area contributed by atoms with Crippen molar-refractivity contribution in [3.05, 3.63) is 59.7 Å². The zero-order valence-electron chi connectivity index (χ0n) is 20.0. The van der Waals surface area contributed by atoms with Gasteiger partial charge in [0.25, 0.3) is 0 Å². The Labute approximate surface area is 189 Å². The van der Waals surface area contributed by atoms with Crippen molar-refractivity contribution in [2.45, 2.75) is 39.2 Å². The molecule has 0 heterocycles. The van der Waals surface area contributed by atoms with E-state index in [1.54, 1.807) is 14.2 Å². The van der Waals surface area contributed by atoms with Crippen molar-refractivity contribution < 1.29 is 9.47 Å². The van der Waals surface area contributed by atoms with Crippen LogP contribution in [0.1, 0.15) is 38.3 Å². The molecule has 0 bridgehead atoms. The molecular formula is C26H41N3O2. The van der Waals surface area contributed by atoms with Gasteiger partial charge in [-0.2, -0.15) is 0 Å². The summed E-state index contributed by atoms with van der Waals surface area (Å²) in [4.78, 5) is 2.50. The van der Waals surface area contributed by atoms with Gasteiger partial charge in [0.05, 0.1) is 19.8 Å². The first-order chi connectivity index (χ1) is 15.1. The molecule has 0 aromatic heterocycles. The standard InChI is InChI=1S/C26H41N3O2/c1-6-27-21-26(17-19-29(7-2)8-3,23-12-10-9-11-13-23)28-18-16-22-14-15-24(30-4)25(20-22)31-5/h9-15,20,27-28H,6-8,16-19,21H2,1-5H3. The predicted molar refractivity (Wildman–Crippen MR) is 130 cm³/mol. The van der Waals surface area contributed by atoms with E-state index in [0.717, 1.165) is 63.6 Å². The number of rotatable bonds is 15. The number of nitrogens with one attached hydrogen (secondary N) is 2. The molecule has 5 heteroatoms. The van der Waals surface area contributed by atoms with Gasteiger partial charge < -0.3 is 25.0 Å². The van der Waals surface area contributed by atoms with Crippen molar-refractivity contribution in [2.24, 2.45) is 0 Å². The molecule has 0 spiro atoms. The van der Waals surface area contributed by atoms with Gasteiger partial charge in [0, 0.05) is 19.6 Å². The SMILES string of the molecule is CCNCC(CCN(CC)CC)(NCCc1ccc(OC)c(OC)c1)c1ccccc1. The number of nitrogens with zero attached hydrogens (tertiary/aromatic N) is 1. The fourth-order valence-corrected chi connectivity index (χ4v) is 4.05. The molecule has 1 unspecified atom stereocenters. The quantitative estimate of drug-likeness (QED) is 0.449. The summed E-state index contributed by atoms with van der Waals surface area (Å²) in [6, 6.07) is 17.1. The molecule has 0 aliphatic rings. The lowest BCUT2D eigenvalue weighted by molar-refractivity contribution is 0.224.